The molecule has 33 valence electrons. The Labute approximate surface area is 57.9 Å². The maximum absolute atomic E-state index is 8.40. The normalized spacial score (nSPS) is 1.60. The molecule has 0 fully saturated rings. The molecule has 0 atom stereocenters. The summed E-state index contributed by atoms with van der Waals surface area (Å²) in [6.45, 7) is 0. The second kappa shape index (κ2) is 19.5. The fourth-order valence-corrected chi connectivity index (χ4v) is 0. The first-order chi connectivity index (χ1) is 1.41. The van der Waals surface area contributed by atoms with Crippen molar-refractivity contribution in [3.05, 3.63) is 0 Å². The largest absolute Gasteiger partial charge is 0.549 e. The van der Waals surface area contributed by atoms with Crippen LogP contribution in [0.5, 0.6) is 0 Å². The van der Waals surface area contributed by atoms with Crippen molar-refractivity contribution in [3.8, 4) is 0 Å². The summed E-state index contributed by atoms with van der Waals surface area (Å²) in [6.07, 6.45) is 0. The molecule has 0 rings (SSSR count). The van der Waals surface area contributed by atoms with Crippen molar-refractivity contribution >= 4 is 26.7 Å². The Morgan fingerprint density at radius 2 is 1.20 bits per heavy atom. The minimum atomic E-state index is -1.42. The van der Waals surface area contributed by atoms with Crippen LogP contribution in [0.15, 0.2) is 0 Å². The quantitative estimate of drug-likeness (QED) is 0.430. The first-order valence-electron chi connectivity index (χ1n) is 0.408. The van der Waals surface area contributed by atoms with E-state index >= 15 is 0 Å². The molecule has 0 aliphatic carbocycles. The fraction of sp³-hybridized carbons (Fsp3) is 0. The first-order valence-corrected chi connectivity index (χ1v) is 1.22. The van der Waals surface area contributed by atoms with Gasteiger partial charge in [0.15, 0.2) is 17.4 Å². The van der Waals surface area contributed by atoms with E-state index in [4.69, 9.17) is 8.92 Å². The van der Waals surface area contributed by atoms with E-state index in [2.05, 4.69) is 0 Å². The molecule has 1 radical (unpaired) electrons. The van der Waals surface area contributed by atoms with Crippen LogP contribution in [-0.2, 0) is 31.3 Å². The van der Waals surface area contributed by atoms with Crippen LogP contribution in [0.1, 0.15) is 0 Å². The minimum Gasteiger partial charge on any atom is -0.274 e. The average Bonchev–Trinajstić information content (AvgIpc) is 0.918. The van der Waals surface area contributed by atoms with E-state index in [1.54, 1.807) is 0 Å². The molecule has 0 saturated heterocycles. The third-order valence-corrected chi connectivity index (χ3v) is 0. The third kappa shape index (κ3) is 40.9. The van der Waals surface area contributed by atoms with Gasteiger partial charge in [-0.2, -0.15) is 0 Å². The van der Waals surface area contributed by atoms with Gasteiger partial charge in [0.25, 0.3) is 0 Å². The van der Waals surface area contributed by atoms with Crippen molar-refractivity contribution in [2.75, 3.05) is 0 Å². The van der Waals surface area contributed by atoms with Crippen LogP contribution in [0.3, 0.4) is 0 Å². The van der Waals surface area contributed by atoms with Gasteiger partial charge >= 0.3 is 9.29 Å². The summed E-state index contributed by atoms with van der Waals surface area (Å²) in [4.78, 5) is 0. The number of hydrogen-bond acceptors (Lipinski definition) is 2. The van der Waals surface area contributed by atoms with Gasteiger partial charge in [0.05, 0.1) is 0 Å². The van der Waals surface area contributed by atoms with Crippen LogP contribution in [0.4, 0.5) is 0 Å². The summed E-state index contributed by atoms with van der Waals surface area (Å²) in [5.74, 6) is 0. The molecule has 0 aromatic rings. The SMILES string of the molecule is O=[Si]=O.[Ag].[AlH3]. The van der Waals surface area contributed by atoms with E-state index in [-0.39, 0.29) is 39.7 Å². The molecule has 0 amide bonds. The molecular weight excluding hydrogens is 195 g/mol. The topological polar surface area (TPSA) is 34.1 Å². The van der Waals surface area contributed by atoms with Gasteiger partial charge in [-0.05, 0) is 0 Å². The molecule has 0 aliphatic rings. The van der Waals surface area contributed by atoms with Crippen LogP contribution < -0.4 is 0 Å². The van der Waals surface area contributed by atoms with Crippen LogP contribution in [0.2, 0.25) is 0 Å². The van der Waals surface area contributed by atoms with Crippen molar-refractivity contribution in [2.45, 2.75) is 0 Å². The zero-order chi connectivity index (χ0) is 2.71. The molecule has 0 spiro atoms. The smallest absolute Gasteiger partial charge is 0.274 e. The molecule has 0 aromatic carbocycles. The summed E-state index contributed by atoms with van der Waals surface area (Å²) in [5.41, 5.74) is 0. The van der Waals surface area contributed by atoms with E-state index in [1.807, 2.05) is 0 Å². The predicted molar refractivity (Wildman–Crippen MR) is 17.1 cm³/mol. The molecule has 0 unspecified atom stereocenters. The van der Waals surface area contributed by atoms with Crippen molar-refractivity contribution < 1.29 is 31.3 Å². The number of rotatable bonds is 0. The average molecular weight is 198 g/mol. The van der Waals surface area contributed by atoms with Crippen molar-refractivity contribution in [2.24, 2.45) is 0 Å². The predicted octanol–water partition coefficient (Wildman–Crippen LogP) is -1.80. The minimum absolute atomic E-state index is 0. The second-order valence-corrected chi connectivity index (χ2v) is 0.250. The second-order valence-electron chi connectivity index (χ2n) is 0.0833. The Bertz CT molecular complexity index is 30.6. The first kappa shape index (κ1) is 16.5. The molecule has 0 aromatic heterocycles. The number of hydrogen-bond donors (Lipinski definition) is 0. The van der Waals surface area contributed by atoms with Gasteiger partial charge in [-0.3, -0.25) is 8.92 Å². The Balaban J connectivity index is -0.0000000200. The molecule has 2 nitrogen and oxygen atoms in total. The van der Waals surface area contributed by atoms with E-state index in [9.17, 15) is 0 Å². The third-order valence-electron chi connectivity index (χ3n) is 0. The molecule has 0 saturated carbocycles. The Morgan fingerprint density at radius 3 is 1.20 bits per heavy atom. The van der Waals surface area contributed by atoms with Crippen LogP contribution in [0.25, 0.3) is 0 Å². The molecule has 5 heteroatoms. The molecular formula is H3AgAlO2Si. The van der Waals surface area contributed by atoms with Gasteiger partial charge in [0.2, 0.25) is 0 Å². The molecule has 0 N–H and O–H groups in total. The molecule has 0 aliphatic heterocycles. The van der Waals surface area contributed by atoms with Crippen molar-refractivity contribution in [1.82, 2.24) is 0 Å². The van der Waals surface area contributed by atoms with Crippen molar-refractivity contribution in [3.63, 3.8) is 0 Å². The Hall–Kier alpha value is 1.09. The van der Waals surface area contributed by atoms with Gasteiger partial charge in [0, 0.05) is 22.4 Å². The van der Waals surface area contributed by atoms with E-state index < -0.39 is 9.29 Å². The zero-order valence-electron chi connectivity index (χ0n) is 1.62. The standard InChI is InChI=1S/Ag.Al.O2Si.3H/c;;1-3-2;;;. The zero-order valence-corrected chi connectivity index (χ0v) is 4.10. The van der Waals surface area contributed by atoms with Gasteiger partial charge in [-0.25, -0.2) is 0 Å². The van der Waals surface area contributed by atoms with Crippen molar-refractivity contribution in [1.29, 1.82) is 0 Å². The van der Waals surface area contributed by atoms with Gasteiger partial charge < -0.3 is 0 Å². The summed E-state index contributed by atoms with van der Waals surface area (Å²) >= 11 is 0. The summed E-state index contributed by atoms with van der Waals surface area (Å²) in [7, 11) is -1.42. The van der Waals surface area contributed by atoms with E-state index in [0.717, 1.165) is 0 Å². The summed E-state index contributed by atoms with van der Waals surface area (Å²) in [6, 6.07) is 0. The fourth-order valence-electron chi connectivity index (χ4n) is 0. The maximum Gasteiger partial charge on any atom is 0.549 e. The Kier molecular flexibility index (Phi) is 64.4. The van der Waals surface area contributed by atoms with Crippen LogP contribution in [0, 0.1) is 0 Å². The Morgan fingerprint density at radius 1 is 1.20 bits per heavy atom. The van der Waals surface area contributed by atoms with E-state index in [1.165, 1.54) is 0 Å². The summed E-state index contributed by atoms with van der Waals surface area (Å²) in [5, 5.41) is 0. The molecule has 5 heavy (non-hydrogen) atoms. The molecule has 0 bridgehead atoms. The van der Waals surface area contributed by atoms with E-state index in [0.29, 0.717) is 0 Å². The van der Waals surface area contributed by atoms with Gasteiger partial charge in [-0.1, -0.05) is 0 Å². The maximum atomic E-state index is 8.40. The van der Waals surface area contributed by atoms with Gasteiger partial charge in [0.1, 0.15) is 0 Å². The molecule has 0 heterocycles. The van der Waals surface area contributed by atoms with Crippen LogP contribution in [-0.4, -0.2) is 26.7 Å². The van der Waals surface area contributed by atoms with Crippen LogP contribution >= 0.6 is 0 Å². The summed E-state index contributed by atoms with van der Waals surface area (Å²) < 4.78 is 16.8. The monoisotopic (exact) mass is 197 g/mol. The van der Waals surface area contributed by atoms with Gasteiger partial charge in [-0.15, -0.1) is 0 Å².